The number of aromatic nitrogens is 4. The highest BCUT2D eigenvalue weighted by molar-refractivity contribution is 7.89. The molecule has 2 aliphatic rings. The van der Waals surface area contributed by atoms with Gasteiger partial charge in [-0.05, 0) is 72.7 Å². The quantitative estimate of drug-likeness (QED) is 0.336. The molecule has 4 heterocycles. The summed E-state index contributed by atoms with van der Waals surface area (Å²) in [6, 6.07) is 10.00. The van der Waals surface area contributed by atoms with Gasteiger partial charge < -0.3 is 10.0 Å². The molecule has 0 bridgehead atoms. The zero-order valence-electron chi connectivity index (χ0n) is 23.6. The fourth-order valence-corrected chi connectivity index (χ4v) is 7.68. The van der Waals surface area contributed by atoms with E-state index < -0.39 is 33.9 Å². The van der Waals surface area contributed by atoms with E-state index in [0.29, 0.717) is 28.1 Å². The number of fused-ring (bicyclic) bond motifs is 2. The van der Waals surface area contributed by atoms with Crippen molar-refractivity contribution >= 4 is 27.5 Å². The minimum absolute atomic E-state index is 0.0191. The van der Waals surface area contributed by atoms with Gasteiger partial charge in [-0.25, -0.2) is 13.4 Å². The molecule has 6 rings (SSSR count). The molecule has 0 unspecified atom stereocenters. The molecule has 1 aliphatic heterocycles. The number of hydrogen-bond donors (Lipinski definition) is 1. The Hall–Kier alpha value is -4.04. The van der Waals surface area contributed by atoms with Crippen LogP contribution in [0.2, 0.25) is 0 Å². The molecule has 1 N–H and O–H groups in total. The molecule has 1 aromatic carbocycles. The molecule has 1 spiro atoms. The third kappa shape index (κ3) is 4.91. The number of aryl methyl sites for hydroxylation is 2. The Bertz CT molecular complexity index is 1870. The highest BCUT2D eigenvalue weighted by atomic mass is 32.2. The lowest BCUT2D eigenvalue weighted by atomic mass is 9.85. The molecule has 1 fully saturated rings. The number of nitrogens with zero attached hydrogens (tertiary/aromatic N) is 6. The Morgan fingerprint density at radius 3 is 2.56 bits per heavy atom. The number of anilines is 1. The van der Waals surface area contributed by atoms with Gasteiger partial charge >= 0.3 is 12.1 Å². The van der Waals surface area contributed by atoms with E-state index in [4.69, 9.17) is 0 Å². The normalized spacial score (nSPS) is 18.4. The highest BCUT2D eigenvalue weighted by Crippen LogP contribution is 2.48. The zero-order valence-corrected chi connectivity index (χ0v) is 24.4. The number of likely N-dealkylation sites (N-methyl/N-ethyl adjacent to an activating group) is 1. The van der Waals surface area contributed by atoms with Gasteiger partial charge in [0.25, 0.3) is 0 Å². The first-order valence-electron chi connectivity index (χ1n) is 13.6. The van der Waals surface area contributed by atoms with Crippen molar-refractivity contribution in [2.45, 2.75) is 62.2 Å². The second-order valence-corrected chi connectivity index (χ2v) is 13.2. The Labute approximate surface area is 245 Å². The average Bonchev–Trinajstić information content (AvgIpc) is 3.60. The van der Waals surface area contributed by atoms with Crippen LogP contribution in [0.1, 0.15) is 58.8 Å². The summed E-state index contributed by atoms with van der Waals surface area (Å²) in [4.78, 5) is 18.5. The van der Waals surface area contributed by atoms with E-state index in [1.807, 2.05) is 24.9 Å². The highest BCUT2D eigenvalue weighted by Gasteiger charge is 2.53. The molecule has 0 saturated heterocycles. The topological polar surface area (TPSA) is 121 Å². The van der Waals surface area contributed by atoms with Gasteiger partial charge in [0.05, 0.1) is 12.0 Å². The number of aliphatic carboxylic acids is 1. The first-order chi connectivity index (χ1) is 20.2. The minimum Gasteiger partial charge on any atom is -0.481 e. The molecule has 10 nitrogen and oxygen atoms in total. The first-order valence-corrected chi connectivity index (χ1v) is 15.1. The summed E-state index contributed by atoms with van der Waals surface area (Å²) in [5.74, 6) is -2.58. The molecule has 226 valence electrons. The van der Waals surface area contributed by atoms with Gasteiger partial charge in [0.2, 0.25) is 15.8 Å². The number of carboxylic acids is 1. The lowest BCUT2D eigenvalue weighted by Crippen LogP contribution is -2.43. The van der Waals surface area contributed by atoms with Crippen molar-refractivity contribution < 1.29 is 31.5 Å². The summed E-state index contributed by atoms with van der Waals surface area (Å²) >= 11 is 0. The molecular weight excluding hydrogens is 585 g/mol. The van der Waals surface area contributed by atoms with Gasteiger partial charge in [-0.1, -0.05) is 18.2 Å². The molecule has 1 saturated carbocycles. The first kappa shape index (κ1) is 29.1. The lowest BCUT2D eigenvalue weighted by Gasteiger charge is -2.29. The molecule has 0 radical (unpaired) electrons. The summed E-state index contributed by atoms with van der Waals surface area (Å²) in [6.07, 6.45) is -0.620. The van der Waals surface area contributed by atoms with E-state index in [1.165, 1.54) is 16.6 Å². The van der Waals surface area contributed by atoms with Crippen LogP contribution >= 0.6 is 0 Å². The largest absolute Gasteiger partial charge is 0.481 e. The molecule has 14 heteroatoms. The summed E-state index contributed by atoms with van der Waals surface area (Å²) in [5.41, 5.74) is 2.60. The van der Waals surface area contributed by atoms with E-state index >= 15 is 0 Å². The third-order valence-corrected chi connectivity index (χ3v) is 10.5. The predicted molar refractivity (Wildman–Crippen MR) is 150 cm³/mol. The van der Waals surface area contributed by atoms with Gasteiger partial charge in [0.15, 0.2) is 5.65 Å². The van der Waals surface area contributed by atoms with E-state index in [2.05, 4.69) is 15.2 Å². The van der Waals surface area contributed by atoms with Gasteiger partial charge in [-0.3, -0.25) is 9.20 Å². The fourth-order valence-electron chi connectivity index (χ4n) is 6.02. The number of pyridine rings is 2. The number of rotatable bonds is 6. The maximum Gasteiger partial charge on any atom is 0.452 e. The second-order valence-electron chi connectivity index (χ2n) is 11.3. The van der Waals surface area contributed by atoms with Crippen LogP contribution in [-0.2, 0) is 27.5 Å². The van der Waals surface area contributed by atoms with Crippen molar-refractivity contribution in [2.75, 3.05) is 18.5 Å². The van der Waals surface area contributed by atoms with E-state index in [-0.39, 0.29) is 35.6 Å². The van der Waals surface area contributed by atoms with Gasteiger partial charge in [-0.15, -0.1) is 10.2 Å². The molecule has 1 atom stereocenters. The van der Waals surface area contributed by atoms with Crippen molar-refractivity contribution in [1.29, 1.82) is 0 Å². The third-order valence-electron chi connectivity index (χ3n) is 8.69. The van der Waals surface area contributed by atoms with E-state index in [0.717, 1.165) is 22.8 Å². The molecule has 43 heavy (non-hydrogen) atoms. The summed E-state index contributed by atoms with van der Waals surface area (Å²) < 4.78 is 70.4. The maximum atomic E-state index is 13.9. The zero-order chi connectivity index (χ0) is 30.9. The standard InChI is InChI=1S/C29H29F3N6O4S/c1-17-6-7-19(22(14-24(39)40)21-8-12-38-25(18(21)2)34-35-27(38)29(30,31)32)13-20(17)15-37-16-28(9-10-28)36(3)26-23(43(37,41)42)5-4-11-33-26/h4-8,11-13,22H,9-10,14-16H2,1-3H3,(H,39,40)/t22-/m0/s1. The van der Waals surface area contributed by atoms with Crippen LogP contribution in [0.4, 0.5) is 19.0 Å². The van der Waals surface area contributed by atoms with Crippen molar-refractivity contribution in [1.82, 2.24) is 23.9 Å². The van der Waals surface area contributed by atoms with Crippen LogP contribution in [0.3, 0.4) is 0 Å². The number of hydrogen-bond acceptors (Lipinski definition) is 7. The minimum atomic E-state index is -4.71. The SMILES string of the molecule is Cc1ccc([C@H](CC(=O)O)c2ccn3c(C(F)(F)F)nnc3c2C)cc1CN1CC2(CC2)N(C)c2ncccc2S1(=O)=O. The number of alkyl halides is 3. The molecule has 1 aliphatic carbocycles. The number of halogens is 3. The van der Waals surface area contributed by atoms with Crippen LogP contribution in [0.25, 0.3) is 5.65 Å². The van der Waals surface area contributed by atoms with Gasteiger partial charge in [0.1, 0.15) is 10.7 Å². The molecule has 3 aromatic heterocycles. The smallest absolute Gasteiger partial charge is 0.452 e. The number of sulfonamides is 1. The van der Waals surface area contributed by atoms with Crippen LogP contribution < -0.4 is 4.90 Å². The van der Waals surface area contributed by atoms with Gasteiger partial charge in [0, 0.05) is 38.4 Å². The van der Waals surface area contributed by atoms with Gasteiger partial charge in [-0.2, -0.15) is 17.5 Å². The van der Waals surface area contributed by atoms with Crippen molar-refractivity contribution in [3.8, 4) is 0 Å². The summed E-state index contributed by atoms with van der Waals surface area (Å²) in [5, 5.41) is 16.9. The Balaban J connectivity index is 1.41. The number of carboxylic acid groups (broad SMARTS) is 1. The monoisotopic (exact) mass is 614 g/mol. The predicted octanol–water partition coefficient (Wildman–Crippen LogP) is 4.54. The van der Waals surface area contributed by atoms with Crippen LogP contribution in [0, 0.1) is 13.8 Å². The molecule has 0 amide bonds. The Kier molecular flexibility index (Phi) is 6.77. The molecular formula is C29H29F3N6O4S. The Morgan fingerprint density at radius 2 is 1.88 bits per heavy atom. The van der Waals surface area contributed by atoms with E-state index in [1.54, 1.807) is 37.4 Å². The molecule has 4 aromatic rings. The summed E-state index contributed by atoms with van der Waals surface area (Å²) in [7, 11) is -2.05. The maximum absolute atomic E-state index is 13.9. The summed E-state index contributed by atoms with van der Waals surface area (Å²) in [6.45, 7) is 3.78. The average molecular weight is 615 g/mol. The number of benzene rings is 1. The van der Waals surface area contributed by atoms with E-state index in [9.17, 15) is 31.5 Å². The lowest BCUT2D eigenvalue weighted by molar-refractivity contribution is -0.145. The van der Waals surface area contributed by atoms with Crippen molar-refractivity contribution in [3.63, 3.8) is 0 Å². The van der Waals surface area contributed by atoms with Crippen LogP contribution in [0.5, 0.6) is 0 Å². The van der Waals surface area contributed by atoms with Crippen LogP contribution in [0.15, 0.2) is 53.7 Å². The second kappa shape index (κ2) is 10.0. The fraction of sp³-hybridized carbons (Fsp3) is 0.379. The number of carbonyl (C=O) groups is 1. The Morgan fingerprint density at radius 1 is 1.14 bits per heavy atom. The van der Waals surface area contributed by atoms with Crippen LogP contribution in [-0.4, -0.2) is 62.5 Å². The van der Waals surface area contributed by atoms with Crippen molar-refractivity contribution in [3.05, 3.63) is 82.4 Å². The van der Waals surface area contributed by atoms with Crippen molar-refractivity contribution in [2.24, 2.45) is 0 Å².